The van der Waals surface area contributed by atoms with Crippen LogP contribution in [0.15, 0.2) is 66.7 Å². The van der Waals surface area contributed by atoms with Crippen molar-refractivity contribution < 1.29 is 24.2 Å². The third-order valence-electron chi connectivity index (χ3n) is 7.24. The highest BCUT2D eigenvalue weighted by molar-refractivity contribution is 6.04. The van der Waals surface area contributed by atoms with E-state index in [4.69, 9.17) is 16.2 Å². The van der Waals surface area contributed by atoms with Crippen molar-refractivity contribution in [3.63, 3.8) is 0 Å². The number of nitrogens with zero attached hydrogens (tertiary/aromatic N) is 2. The molecule has 2 atom stereocenters. The summed E-state index contributed by atoms with van der Waals surface area (Å²) in [7, 11) is 1.56. The number of nitrogens with two attached hydrogens (primary N) is 2. The van der Waals surface area contributed by atoms with Gasteiger partial charge in [0.05, 0.1) is 13.2 Å². The first-order chi connectivity index (χ1) is 20.6. The van der Waals surface area contributed by atoms with Gasteiger partial charge in [-0.25, -0.2) is 0 Å². The molecular weight excluding hydrogens is 544 g/mol. The maximum absolute atomic E-state index is 14.1. The van der Waals surface area contributed by atoms with Gasteiger partial charge in [0.15, 0.2) is 0 Å². The summed E-state index contributed by atoms with van der Waals surface area (Å²) in [6, 6.07) is 18.8. The second-order valence-electron chi connectivity index (χ2n) is 10.9. The Morgan fingerprint density at radius 3 is 2.00 bits per heavy atom. The first kappa shape index (κ1) is 33.3. The summed E-state index contributed by atoms with van der Waals surface area (Å²) in [5.41, 5.74) is 15.3. The molecule has 0 aliphatic carbocycles. The predicted molar refractivity (Wildman–Crippen MR) is 168 cm³/mol. The molecule has 0 saturated carbocycles. The molecule has 9 nitrogen and oxygen atoms in total. The van der Waals surface area contributed by atoms with Crippen molar-refractivity contribution in [3.8, 4) is 5.75 Å². The monoisotopic (exact) mass is 588 g/mol. The standard InChI is InChI=1S/C34H44N4O5/c1-5-13-37(14-6-2)33(41)27-18-26(32(36)40)19-28(20-27)34(42)38(21-25-11-8-12-29(16-25)43-4)22-31(39)30(35)17-24-10-7-9-23(3)15-24/h7-12,15-16,18-20,30-31,39H,5-6,13-14,17,21-22,35H2,1-4H3,(H2,36,40)/t30-,31+/m0/s1. The van der Waals surface area contributed by atoms with Crippen LogP contribution in [-0.4, -0.2) is 71.5 Å². The van der Waals surface area contributed by atoms with E-state index in [0.29, 0.717) is 25.3 Å². The van der Waals surface area contributed by atoms with Crippen LogP contribution in [0.2, 0.25) is 0 Å². The van der Waals surface area contributed by atoms with E-state index in [1.807, 2.05) is 63.2 Å². The predicted octanol–water partition coefficient (Wildman–Crippen LogP) is 3.94. The maximum atomic E-state index is 14.1. The third kappa shape index (κ3) is 9.39. The Morgan fingerprint density at radius 1 is 0.837 bits per heavy atom. The van der Waals surface area contributed by atoms with Gasteiger partial charge in [0.2, 0.25) is 5.91 Å². The molecule has 0 heterocycles. The van der Waals surface area contributed by atoms with E-state index in [1.54, 1.807) is 18.1 Å². The minimum atomic E-state index is -1.06. The summed E-state index contributed by atoms with van der Waals surface area (Å²) in [5, 5.41) is 11.2. The fraction of sp³-hybridized carbons (Fsp3) is 0.382. The molecule has 3 aromatic carbocycles. The van der Waals surface area contributed by atoms with E-state index in [0.717, 1.165) is 29.5 Å². The summed E-state index contributed by atoms with van der Waals surface area (Å²) < 4.78 is 5.36. The van der Waals surface area contributed by atoms with Crippen LogP contribution in [0.4, 0.5) is 0 Å². The van der Waals surface area contributed by atoms with Gasteiger partial charge >= 0.3 is 0 Å². The Labute approximate surface area is 254 Å². The molecule has 5 N–H and O–H groups in total. The number of methoxy groups -OCH3 is 1. The van der Waals surface area contributed by atoms with Crippen molar-refractivity contribution in [3.05, 3.63) is 100 Å². The molecule has 0 aromatic heterocycles. The molecule has 9 heteroatoms. The quantitative estimate of drug-likeness (QED) is 0.246. The minimum Gasteiger partial charge on any atom is -0.497 e. The van der Waals surface area contributed by atoms with Crippen molar-refractivity contribution in [1.29, 1.82) is 0 Å². The van der Waals surface area contributed by atoms with Gasteiger partial charge in [0.25, 0.3) is 11.8 Å². The van der Waals surface area contributed by atoms with Crippen LogP contribution in [0.5, 0.6) is 5.75 Å². The lowest BCUT2D eigenvalue weighted by Gasteiger charge is -2.29. The van der Waals surface area contributed by atoms with E-state index in [-0.39, 0.29) is 35.7 Å². The van der Waals surface area contributed by atoms with Crippen LogP contribution in [0, 0.1) is 6.92 Å². The summed E-state index contributed by atoms with van der Waals surface area (Å²) >= 11 is 0. The first-order valence-corrected chi connectivity index (χ1v) is 14.7. The second-order valence-corrected chi connectivity index (χ2v) is 10.9. The van der Waals surface area contributed by atoms with Crippen molar-refractivity contribution in [2.24, 2.45) is 11.5 Å². The van der Waals surface area contributed by atoms with Crippen molar-refractivity contribution in [2.75, 3.05) is 26.7 Å². The average molecular weight is 589 g/mol. The third-order valence-corrected chi connectivity index (χ3v) is 7.24. The fourth-order valence-corrected chi connectivity index (χ4v) is 5.06. The normalized spacial score (nSPS) is 12.3. The van der Waals surface area contributed by atoms with Gasteiger partial charge in [-0.3, -0.25) is 14.4 Å². The van der Waals surface area contributed by atoms with Crippen LogP contribution in [0.1, 0.15) is 74.5 Å². The van der Waals surface area contributed by atoms with Crippen molar-refractivity contribution in [1.82, 2.24) is 9.80 Å². The molecule has 0 fully saturated rings. The molecule has 0 unspecified atom stereocenters. The van der Waals surface area contributed by atoms with Crippen LogP contribution in [-0.2, 0) is 13.0 Å². The molecule has 0 spiro atoms. The zero-order valence-electron chi connectivity index (χ0n) is 25.6. The number of hydrogen-bond acceptors (Lipinski definition) is 6. The minimum absolute atomic E-state index is 0.0557. The van der Waals surface area contributed by atoms with Crippen LogP contribution < -0.4 is 16.2 Å². The zero-order valence-corrected chi connectivity index (χ0v) is 25.6. The summed E-state index contributed by atoms with van der Waals surface area (Å²) in [6.45, 7) is 7.10. The number of rotatable bonds is 15. The number of amides is 3. The average Bonchev–Trinajstić information content (AvgIpc) is 2.99. The van der Waals surface area contributed by atoms with Gasteiger partial charge in [0, 0.05) is 48.9 Å². The lowest BCUT2D eigenvalue weighted by atomic mass is 9.99. The van der Waals surface area contributed by atoms with Crippen LogP contribution >= 0.6 is 0 Å². The van der Waals surface area contributed by atoms with Gasteiger partial charge < -0.3 is 31.1 Å². The topological polar surface area (TPSA) is 139 Å². The molecule has 0 aliphatic heterocycles. The van der Waals surface area contributed by atoms with Crippen LogP contribution in [0.25, 0.3) is 0 Å². The second kappa shape index (κ2) is 15.9. The van der Waals surface area contributed by atoms with E-state index in [1.165, 1.54) is 23.1 Å². The summed E-state index contributed by atoms with van der Waals surface area (Å²) in [5.74, 6) is -0.877. The number of aliphatic hydroxyl groups is 1. The van der Waals surface area contributed by atoms with Gasteiger partial charge in [0.1, 0.15) is 5.75 Å². The number of aryl methyl sites for hydroxylation is 1. The number of hydrogen-bond donors (Lipinski definition) is 3. The molecule has 3 aromatic rings. The number of carbonyl (C=O) groups is 3. The lowest BCUT2D eigenvalue weighted by Crippen LogP contribution is -2.46. The highest BCUT2D eigenvalue weighted by atomic mass is 16.5. The van der Waals surface area contributed by atoms with E-state index in [9.17, 15) is 19.5 Å². The Bertz CT molecular complexity index is 1400. The molecule has 3 rings (SSSR count). The summed E-state index contributed by atoms with van der Waals surface area (Å²) in [4.78, 5) is 43.0. The molecule has 0 aliphatic rings. The largest absolute Gasteiger partial charge is 0.497 e. The first-order valence-electron chi connectivity index (χ1n) is 14.7. The number of benzene rings is 3. The van der Waals surface area contributed by atoms with E-state index in [2.05, 4.69) is 0 Å². The van der Waals surface area contributed by atoms with E-state index >= 15 is 0 Å². The van der Waals surface area contributed by atoms with Crippen molar-refractivity contribution in [2.45, 2.75) is 58.7 Å². The lowest BCUT2D eigenvalue weighted by molar-refractivity contribution is 0.0554. The zero-order chi connectivity index (χ0) is 31.5. The number of carbonyl (C=O) groups excluding carboxylic acids is 3. The fourth-order valence-electron chi connectivity index (χ4n) is 5.06. The van der Waals surface area contributed by atoms with Gasteiger partial charge in [-0.1, -0.05) is 55.8 Å². The Morgan fingerprint density at radius 2 is 1.42 bits per heavy atom. The molecule has 0 bridgehead atoms. The number of aliphatic hydroxyl groups excluding tert-OH is 1. The van der Waals surface area contributed by atoms with Gasteiger partial charge in [-0.05, 0) is 67.6 Å². The molecular formula is C34H44N4O5. The Kier molecular flexibility index (Phi) is 12.3. The molecule has 0 radical (unpaired) electrons. The maximum Gasteiger partial charge on any atom is 0.254 e. The highest BCUT2D eigenvalue weighted by Gasteiger charge is 2.26. The SMILES string of the molecule is CCCN(CCC)C(=O)c1cc(C(N)=O)cc(C(=O)N(Cc2cccc(OC)c2)C[C@@H](O)[C@@H](N)Cc2cccc(C)c2)c1. The van der Waals surface area contributed by atoms with Crippen LogP contribution in [0.3, 0.4) is 0 Å². The molecule has 3 amide bonds. The Hall–Kier alpha value is -4.21. The highest BCUT2D eigenvalue weighted by Crippen LogP contribution is 2.20. The number of ether oxygens (including phenoxy) is 1. The molecule has 43 heavy (non-hydrogen) atoms. The summed E-state index contributed by atoms with van der Waals surface area (Å²) in [6.07, 6.45) is 0.898. The van der Waals surface area contributed by atoms with Gasteiger partial charge in [-0.2, -0.15) is 0 Å². The van der Waals surface area contributed by atoms with Gasteiger partial charge in [-0.15, -0.1) is 0 Å². The molecule has 0 saturated heterocycles. The smallest absolute Gasteiger partial charge is 0.254 e. The van der Waals surface area contributed by atoms with Crippen molar-refractivity contribution >= 4 is 17.7 Å². The van der Waals surface area contributed by atoms with E-state index < -0.39 is 24.0 Å². The molecule has 230 valence electrons. The number of primary amides is 1. The Balaban J connectivity index is 1.98.